The standard InChI is InChI=1S/C13H14N2O4/c1-3-11-14-12(19-15-11)7-18-10-5-4-9(13(16)17)6-8(10)2/h4-6H,3,7H2,1-2H3,(H,16,17). The van der Waals surface area contributed by atoms with Crippen molar-refractivity contribution in [1.82, 2.24) is 10.1 Å². The Kier molecular flexibility index (Phi) is 3.79. The molecule has 100 valence electrons. The molecule has 0 amide bonds. The molecule has 19 heavy (non-hydrogen) atoms. The van der Waals surface area contributed by atoms with Crippen molar-refractivity contribution in [2.75, 3.05) is 0 Å². The molecule has 0 aliphatic carbocycles. The van der Waals surface area contributed by atoms with Crippen molar-refractivity contribution in [3.8, 4) is 5.75 Å². The van der Waals surface area contributed by atoms with E-state index in [9.17, 15) is 4.79 Å². The molecular weight excluding hydrogens is 248 g/mol. The smallest absolute Gasteiger partial charge is 0.335 e. The number of aryl methyl sites for hydroxylation is 2. The fraction of sp³-hybridized carbons (Fsp3) is 0.308. The van der Waals surface area contributed by atoms with E-state index in [1.54, 1.807) is 19.1 Å². The molecule has 1 N–H and O–H groups in total. The normalized spacial score (nSPS) is 10.4. The number of nitrogens with zero attached hydrogens (tertiary/aromatic N) is 2. The Morgan fingerprint density at radius 1 is 1.47 bits per heavy atom. The third-order valence-electron chi connectivity index (χ3n) is 2.60. The van der Waals surface area contributed by atoms with Crippen LogP contribution in [-0.4, -0.2) is 21.2 Å². The van der Waals surface area contributed by atoms with Crippen molar-refractivity contribution in [2.45, 2.75) is 26.9 Å². The van der Waals surface area contributed by atoms with Crippen LogP contribution in [0.15, 0.2) is 22.7 Å². The van der Waals surface area contributed by atoms with E-state index < -0.39 is 5.97 Å². The van der Waals surface area contributed by atoms with Crippen LogP contribution in [0.5, 0.6) is 5.75 Å². The largest absolute Gasteiger partial charge is 0.483 e. The van der Waals surface area contributed by atoms with Gasteiger partial charge in [-0.15, -0.1) is 0 Å². The summed E-state index contributed by atoms with van der Waals surface area (Å²) in [4.78, 5) is 14.9. The van der Waals surface area contributed by atoms with Crippen molar-refractivity contribution in [1.29, 1.82) is 0 Å². The zero-order valence-electron chi connectivity index (χ0n) is 10.7. The van der Waals surface area contributed by atoms with Crippen LogP contribution in [0.3, 0.4) is 0 Å². The number of ether oxygens (including phenoxy) is 1. The lowest BCUT2D eigenvalue weighted by Crippen LogP contribution is -2.00. The monoisotopic (exact) mass is 262 g/mol. The van der Waals surface area contributed by atoms with Crippen molar-refractivity contribution in [3.05, 3.63) is 41.0 Å². The maximum atomic E-state index is 10.8. The number of rotatable bonds is 5. The summed E-state index contributed by atoms with van der Waals surface area (Å²) < 4.78 is 10.5. The van der Waals surface area contributed by atoms with Crippen LogP contribution in [-0.2, 0) is 13.0 Å². The molecule has 1 aromatic heterocycles. The van der Waals surface area contributed by atoms with Gasteiger partial charge in [0, 0.05) is 6.42 Å². The van der Waals surface area contributed by atoms with Crippen LogP contribution in [0, 0.1) is 6.92 Å². The minimum atomic E-state index is -0.959. The molecule has 0 unspecified atom stereocenters. The van der Waals surface area contributed by atoms with Gasteiger partial charge in [-0.1, -0.05) is 12.1 Å². The molecule has 2 aromatic rings. The van der Waals surface area contributed by atoms with Gasteiger partial charge in [-0.05, 0) is 30.7 Å². The number of carboxylic acid groups (broad SMARTS) is 1. The van der Waals surface area contributed by atoms with Gasteiger partial charge in [0.25, 0.3) is 5.89 Å². The first kappa shape index (κ1) is 13.1. The zero-order chi connectivity index (χ0) is 13.8. The maximum Gasteiger partial charge on any atom is 0.335 e. The Bertz CT molecular complexity index is 592. The molecule has 0 aliphatic rings. The quantitative estimate of drug-likeness (QED) is 0.889. The van der Waals surface area contributed by atoms with E-state index in [2.05, 4.69) is 10.1 Å². The number of aromatic carboxylic acids is 1. The summed E-state index contributed by atoms with van der Waals surface area (Å²) in [6, 6.07) is 4.68. The minimum absolute atomic E-state index is 0.167. The highest BCUT2D eigenvalue weighted by atomic mass is 16.5. The average molecular weight is 262 g/mol. The van der Waals surface area contributed by atoms with E-state index in [4.69, 9.17) is 14.4 Å². The summed E-state index contributed by atoms with van der Waals surface area (Å²) in [7, 11) is 0. The predicted molar refractivity (Wildman–Crippen MR) is 66.1 cm³/mol. The second kappa shape index (κ2) is 5.51. The summed E-state index contributed by atoms with van der Waals surface area (Å²) in [6.45, 7) is 3.89. The van der Waals surface area contributed by atoms with E-state index in [1.807, 2.05) is 6.92 Å². The van der Waals surface area contributed by atoms with E-state index >= 15 is 0 Å². The van der Waals surface area contributed by atoms with E-state index in [-0.39, 0.29) is 12.2 Å². The molecule has 0 bridgehead atoms. The van der Waals surface area contributed by atoms with Crippen molar-refractivity contribution in [2.24, 2.45) is 0 Å². The highest BCUT2D eigenvalue weighted by Gasteiger charge is 2.09. The van der Waals surface area contributed by atoms with Crippen molar-refractivity contribution >= 4 is 5.97 Å². The molecule has 0 fully saturated rings. The molecule has 0 radical (unpaired) electrons. The van der Waals surface area contributed by atoms with Crippen LogP contribution in [0.1, 0.15) is 34.6 Å². The number of hydrogen-bond donors (Lipinski definition) is 1. The van der Waals surface area contributed by atoms with Gasteiger partial charge in [0.2, 0.25) is 0 Å². The van der Waals surface area contributed by atoms with Gasteiger partial charge >= 0.3 is 5.97 Å². The molecular formula is C13H14N2O4. The van der Waals surface area contributed by atoms with Crippen LogP contribution >= 0.6 is 0 Å². The predicted octanol–water partition coefficient (Wildman–Crippen LogP) is 2.22. The topological polar surface area (TPSA) is 85.5 Å². The summed E-state index contributed by atoms with van der Waals surface area (Å²) in [5.74, 6) is 0.676. The van der Waals surface area contributed by atoms with Gasteiger partial charge < -0.3 is 14.4 Å². The summed E-state index contributed by atoms with van der Waals surface area (Å²) >= 11 is 0. The second-order valence-electron chi connectivity index (χ2n) is 4.03. The number of carbonyl (C=O) groups is 1. The first-order chi connectivity index (χ1) is 9.10. The Labute approximate surface area is 110 Å². The highest BCUT2D eigenvalue weighted by molar-refractivity contribution is 5.88. The lowest BCUT2D eigenvalue weighted by molar-refractivity contribution is 0.0696. The summed E-state index contributed by atoms with van der Waals surface area (Å²) in [5.41, 5.74) is 0.978. The molecule has 6 nitrogen and oxygen atoms in total. The summed E-state index contributed by atoms with van der Waals surface area (Å²) in [6.07, 6.45) is 0.704. The minimum Gasteiger partial charge on any atom is -0.483 e. The number of aromatic nitrogens is 2. The Morgan fingerprint density at radius 3 is 2.84 bits per heavy atom. The Hall–Kier alpha value is -2.37. The third-order valence-corrected chi connectivity index (χ3v) is 2.60. The first-order valence-corrected chi connectivity index (χ1v) is 5.88. The van der Waals surface area contributed by atoms with Gasteiger partial charge in [0.1, 0.15) is 5.75 Å². The van der Waals surface area contributed by atoms with Gasteiger partial charge in [-0.25, -0.2) is 4.79 Å². The van der Waals surface area contributed by atoms with Crippen LogP contribution in [0.2, 0.25) is 0 Å². The zero-order valence-corrected chi connectivity index (χ0v) is 10.7. The van der Waals surface area contributed by atoms with Crippen molar-refractivity contribution in [3.63, 3.8) is 0 Å². The van der Waals surface area contributed by atoms with Crippen LogP contribution in [0.25, 0.3) is 0 Å². The molecule has 0 aliphatic heterocycles. The second-order valence-corrected chi connectivity index (χ2v) is 4.03. The van der Waals surface area contributed by atoms with E-state index in [0.29, 0.717) is 23.9 Å². The molecule has 0 saturated carbocycles. The molecule has 0 atom stereocenters. The van der Waals surface area contributed by atoms with E-state index in [1.165, 1.54) is 6.07 Å². The third kappa shape index (κ3) is 3.09. The van der Waals surface area contributed by atoms with Crippen LogP contribution in [0.4, 0.5) is 0 Å². The summed E-state index contributed by atoms with van der Waals surface area (Å²) in [5, 5.41) is 12.6. The fourth-order valence-electron chi connectivity index (χ4n) is 1.58. The Balaban J connectivity index is 2.05. The molecule has 2 rings (SSSR count). The van der Waals surface area contributed by atoms with Gasteiger partial charge in [0.05, 0.1) is 5.56 Å². The molecule has 1 aromatic carbocycles. The first-order valence-electron chi connectivity index (χ1n) is 5.88. The fourth-order valence-corrected chi connectivity index (χ4v) is 1.58. The van der Waals surface area contributed by atoms with E-state index in [0.717, 1.165) is 5.56 Å². The van der Waals surface area contributed by atoms with Crippen molar-refractivity contribution < 1.29 is 19.2 Å². The molecule has 6 heteroatoms. The molecule has 0 saturated heterocycles. The maximum absolute atomic E-state index is 10.8. The highest BCUT2D eigenvalue weighted by Crippen LogP contribution is 2.20. The lowest BCUT2D eigenvalue weighted by atomic mass is 10.1. The number of carboxylic acids is 1. The Morgan fingerprint density at radius 2 is 2.26 bits per heavy atom. The van der Waals surface area contributed by atoms with Crippen LogP contribution < -0.4 is 4.74 Å². The van der Waals surface area contributed by atoms with Gasteiger partial charge in [0.15, 0.2) is 12.4 Å². The molecule has 1 heterocycles. The van der Waals surface area contributed by atoms with Gasteiger partial charge in [-0.2, -0.15) is 4.98 Å². The lowest BCUT2D eigenvalue weighted by Gasteiger charge is -2.07. The van der Waals surface area contributed by atoms with Gasteiger partial charge in [-0.3, -0.25) is 0 Å². The SMILES string of the molecule is CCc1noc(COc2ccc(C(=O)O)cc2C)n1. The average Bonchev–Trinajstić information content (AvgIpc) is 2.85. The number of benzene rings is 1. The number of hydrogen-bond acceptors (Lipinski definition) is 5. The molecule has 0 spiro atoms.